The number of anilines is 1. The minimum atomic E-state index is -1.48. The van der Waals surface area contributed by atoms with Gasteiger partial charge in [-0.3, -0.25) is 9.78 Å². The number of hydrogen-bond donors (Lipinski definition) is 5. The van der Waals surface area contributed by atoms with Gasteiger partial charge in [-0.25, -0.2) is 4.98 Å². The highest BCUT2D eigenvalue weighted by Crippen LogP contribution is 2.36. The van der Waals surface area contributed by atoms with Gasteiger partial charge in [0.2, 0.25) is 0 Å². The van der Waals surface area contributed by atoms with Gasteiger partial charge in [-0.05, 0) is 30.3 Å². The molecule has 2 aromatic heterocycles. The first-order valence-corrected chi connectivity index (χ1v) is 11.1. The summed E-state index contributed by atoms with van der Waals surface area (Å²) in [5, 5.41) is 44.0. The molecule has 1 amide bonds. The molecule has 33 heavy (non-hydrogen) atoms. The Kier molecular flexibility index (Phi) is 5.79. The van der Waals surface area contributed by atoms with Crippen LogP contribution < -0.4 is 5.32 Å². The maximum atomic E-state index is 12.9. The van der Waals surface area contributed by atoms with Crippen LogP contribution in [0.3, 0.4) is 0 Å². The number of aliphatic hydroxyl groups excluding tert-OH is 4. The molecule has 5 N–H and O–H groups in total. The van der Waals surface area contributed by atoms with Crippen molar-refractivity contribution >= 4 is 44.1 Å². The van der Waals surface area contributed by atoms with Gasteiger partial charge in [0.25, 0.3) is 5.91 Å². The van der Waals surface area contributed by atoms with Crippen LogP contribution in [0.4, 0.5) is 5.69 Å². The number of thiazole rings is 1. The molecular formula is C23H21N3O6S. The topological polar surface area (TPSA) is 145 Å². The van der Waals surface area contributed by atoms with Gasteiger partial charge in [-0.2, -0.15) is 0 Å². The lowest BCUT2D eigenvalue weighted by Crippen LogP contribution is -2.55. The summed E-state index contributed by atoms with van der Waals surface area (Å²) in [6.07, 6.45) is -4.70. The number of fused-ring (bicyclic) bond motifs is 2. The predicted octanol–water partition coefficient (Wildman–Crippen LogP) is 1.61. The second-order valence-electron chi connectivity index (χ2n) is 7.82. The van der Waals surface area contributed by atoms with E-state index < -0.39 is 37.1 Å². The summed E-state index contributed by atoms with van der Waals surface area (Å²) in [6, 6.07) is 14.3. The van der Waals surface area contributed by atoms with Gasteiger partial charge in [0.1, 0.15) is 35.5 Å². The summed E-state index contributed by atoms with van der Waals surface area (Å²) < 4.78 is 6.35. The molecule has 3 heterocycles. The van der Waals surface area contributed by atoms with Crippen LogP contribution in [0.2, 0.25) is 0 Å². The molecule has 9 nitrogen and oxygen atoms in total. The average molecular weight is 468 g/mol. The van der Waals surface area contributed by atoms with E-state index in [0.29, 0.717) is 27.3 Å². The lowest BCUT2D eigenvalue weighted by molar-refractivity contribution is -0.231. The molecule has 1 aliphatic rings. The second kappa shape index (κ2) is 8.75. The lowest BCUT2D eigenvalue weighted by Gasteiger charge is -2.39. The molecule has 5 atom stereocenters. The van der Waals surface area contributed by atoms with E-state index in [0.717, 1.165) is 10.1 Å². The van der Waals surface area contributed by atoms with Crippen molar-refractivity contribution in [3.63, 3.8) is 0 Å². The number of aliphatic hydroxyl groups is 4. The predicted molar refractivity (Wildman–Crippen MR) is 122 cm³/mol. The fourth-order valence-electron chi connectivity index (χ4n) is 3.91. The molecule has 1 saturated heterocycles. The molecule has 2 aromatic carbocycles. The zero-order valence-corrected chi connectivity index (χ0v) is 18.0. The average Bonchev–Trinajstić information content (AvgIpc) is 3.26. The molecule has 0 aliphatic carbocycles. The van der Waals surface area contributed by atoms with Crippen molar-refractivity contribution in [2.45, 2.75) is 30.5 Å². The van der Waals surface area contributed by atoms with E-state index in [1.165, 1.54) is 11.3 Å². The van der Waals surface area contributed by atoms with Crippen LogP contribution in [0.15, 0.2) is 54.7 Å². The van der Waals surface area contributed by atoms with Crippen LogP contribution >= 0.6 is 11.3 Å². The van der Waals surface area contributed by atoms with Crippen LogP contribution in [0, 0.1) is 0 Å². The number of carbonyl (C=O) groups is 1. The standard InChI is InChI=1S/C23H21N3O6S/c27-10-15-18(28)19(29)20(30)21(32-15)23-26-14-9-12(6-7-16(14)33-23)22(31)25-13-5-1-3-11-4-2-8-24-17(11)13/h1-9,15,18-21,27-30H,10H2,(H,25,31)/t15-,18+,19+,20-,21-/m1/s1. The van der Waals surface area contributed by atoms with Gasteiger partial charge in [-0.15, -0.1) is 11.3 Å². The Balaban J connectivity index is 1.42. The maximum absolute atomic E-state index is 12.9. The third-order valence-corrected chi connectivity index (χ3v) is 6.78. The van der Waals surface area contributed by atoms with Crippen molar-refractivity contribution < 1.29 is 30.0 Å². The number of pyridine rings is 1. The number of amides is 1. The van der Waals surface area contributed by atoms with Crippen LogP contribution in [0.25, 0.3) is 21.1 Å². The normalized spacial score (nSPS) is 25.4. The molecular weight excluding hydrogens is 446 g/mol. The van der Waals surface area contributed by atoms with Gasteiger partial charge in [-0.1, -0.05) is 18.2 Å². The summed E-state index contributed by atoms with van der Waals surface area (Å²) >= 11 is 1.24. The monoisotopic (exact) mass is 467 g/mol. The Labute approximate surface area is 191 Å². The number of aromatic nitrogens is 2. The Morgan fingerprint density at radius 3 is 2.70 bits per heavy atom. The summed E-state index contributed by atoms with van der Waals surface area (Å²) in [4.78, 5) is 21.7. The number of rotatable bonds is 4. The highest BCUT2D eigenvalue weighted by atomic mass is 32.1. The van der Waals surface area contributed by atoms with E-state index in [1.54, 1.807) is 30.5 Å². The first kappa shape index (κ1) is 21.8. The quantitative estimate of drug-likeness (QED) is 0.304. The van der Waals surface area contributed by atoms with Gasteiger partial charge in [0.15, 0.2) is 0 Å². The molecule has 0 unspecified atom stereocenters. The summed E-state index contributed by atoms with van der Waals surface area (Å²) in [5.41, 5.74) is 2.20. The summed E-state index contributed by atoms with van der Waals surface area (Å²) in [6.45, 7) is -0.514. The molecule has 4 aromatic rings. The Hall–Kier alpha value is -2.99. The highest BCUT2D eigenvalue weighted by Gasteiger charge is 2.45. The minimum absolute atomic E-state index is 0.322. The van der Waals surface area contributed by atoms with Crippen molar-refractivity contribution in [3.05, 3.63) is 65.3 Å². The van der Waals surface area contributed by atoms with E-state index in [4.69, 9.17) is 4.74 Å². The zero-order valence-electron chi connectivity index (χ0n) is 17.2. The Bertz CT molecular complexity index is 1320. The number of carbonyl (C=O) groups excluding carboxylic acids is 1. The molecule has 5 rings (SSSR count). The van der Waals surface area contributed by atoms with Crippen LogP contribution in [-0.2, 0) is 4.74 Å². The van der Waals surface area contributed by atoms with Gasteiger partial charge >= 0.3 is 0 Å². The number of nitrogens with one attached hydrogen (secondary N) is 1. The highest BCUT2D eigenvalue weighted by molar-refractivity contribution is 7.18. The summed E-state index contributed by atoms with van der Waals surface area (Å²) in [5.74, 6) is -0.322. The zero-order chi connectivity index (χ0) is 23.1. The fourth-order valence-corrected chi connectivity index (χ4v) is 4.94. The molecule has 1 aliphatic heterocycles. The van der Waals surface area contributed by atoms with Crippen molar-refractivity contribution in [2.24, 2.45) is 0 Å². The molecule has 0 spiro atoms. The van der Waals surface area contributed by atoms with E-state index >= 15 is 0 Å². The van der Waals surface area contributed by atoms with Gasteiger partial charge in [0.05, 0.1) is 28.0 Å². The molecule has 0 radical (unpaired) electrons. The molecule has 1 fully saturated rings. The Morgan fingerprint density at radius 1 is 1.06 bits per heavy atom. The first-order valence-electron chi connectivity index (χ1n) is 10.3. The van der Waals surface area contributed by atoms with Crippen LogP contribution in [0.5, 0.6) is 0 Å². The van der Waals surface area contributed by atoms with Crippen molar-refractivity contribution in [3.8, 4) is 0 Å². The minimum Gasteiger partial charge on any atom is -0.394 e. The van der Waals surface area contributed by atoms with Gasteiger partial charge in [0, 0.05) is 17.1 Å². The van der Waals surface area contributed by atoms with Crippen molar-refractivity contribution in [2.75, 3.05) is 11.9 Å². The van der Waals surface area contributed by atoms with Crippen LogP contribution in [-0.4, -0.2) is 67.3 Å². The summed E-state index contributed by atoms with van der Waals surface area (Å²) in [7, 11) is 0. The van der Waals surface area contributed by atoms with Crippen LogP contribution in [0.1, 0.15) is 21.5 Å². The first-order chi connectivity index (χ1) is 16.0. The molecule has 10 heteroatoms. The third-order valence-electron chi connectivity index (χ3n) is 5.68. The molecule has 170 valence electrons. The second-order valence-corrected chi connectivity index (χ2v) is 8.88. The third kappa shape index (κ3) is 3.97. The molecule has 0 saturated carbocycles. The van der Waals surface area contributed by atoms with E-state index in [-0.39, 0.29) is 5.91 Å². The fraction of sp³-hybridized carbons (Fsp3) is 0.261. The largest absolute Gasteiger partial charge is 0.394 e. The smallest absolute Gasteiger partial charge is 0.255 e. The maximum Gasteiger partial charge on any atom is 0.255 e. The lowest BCUT2D eigenvalue weighted by atomic mass is 9.95. The van der Waals surface area contributed by atoms with E-state index in [9.17, 15) is 25.2 Å². The molecule has 0 bridgehead atoms. The van der Waals surface area contributed by atoms with Gasteiger partial charge < -0.3 is 30.5 Å². The Morgan fingerprint density at radius 2 is 1.88 bits per heavy atom. The number of para-hydroxylation sites is 1. The number of benzene rings is 2. The number of hydrogen-bond acceptors (Lipinski definition) is 9. The van der Waals surface area contributed by atoms with Crippen molar-refractivity contribution in [1.82, 2.24) is 9.97 Å². The SMILES string of the molecule is O=C(Nc1cccc2cccnc12)c1ccc2sc([C@@H]3O[C@H](CO)[C@H](O)[C@H](O)[C@H]3O)nc2c1. The van der Waals surface area contributed by atoms with E-state index in [2.05, 4.69) is 15.3 Å². The number of nitrogens with zero attached hydrogens (tertiary/aromatic N) is 2. The van der Waals surface area contributed by atoms with E-state index in [1.807, 2.05) is 24.3 Å². The van der Waals surface area contributed by atoms with Crippen molar-refractivity contribution in [1.29, 1.82) is 0 Å². The number of ether oxygens (including phenoxy) is 1.